The van der Waals surface area contributed by atoms with Crippen molar-refractivity contribution >= 4 is 11.8 Å². The van der Waals surface area contributed by atoms with Gasteiger partial charge in [0.25, 0.3) is 5.91 Å². The van der Waals surface area contributed by atoms with E-state index in [-0.39, 0.29) is 19.1 Å². The van der Waals surface area contributed by atoms with Crippen molar-refractivity contribution in [2.45, 2.75) is 31.0 Å². The summed E-state index contributed by atoms with van der Waals surface area (Å²) < 4.78 is 28.8. The standard InChI is InChI=1S/C36H38N2O7/c1-41-30-21-26(22-31(42-2)32(30)43-3)24-37-35(40)36(23-25-11-6-4-7-12-25)33(27-13-8-5-9-14-27)45-34(38-36)28-15-17-29(18-16-28)44-20-10-19-39/h4-9,11-18,21-22,33,39H,10,19-20,23-24H2,1-3H3,(H,37,40)/t33-,36-/m1/s1. The van der Waals surface area contributed by atoms with Crippen LogP contribution < -0.4 is 24.3 Å². The average molecular weight is 611 g/mol. The molecule has 0 aromatic heterocycles. The van der Waals surface area contributed by atoms with Crippen molar-refractivity contribution in [2.24, 2.45) is 4.99 Å². The molecule has 4 aromatic rings. The molecule has 45 heavy (non-hydrogen) atoms. The van der Waals surface area contributed by atoms with Gasteiger partial charge in [0.2, 0.25) is 11.6 Å². The van der Waals surface area contributed by atoms with Crippen molar-refractivity contribution in [2.75, 3.05) is 34.5 Å². The van der Waals surface area contributed by atoms with Crippen LogP contribution in [0.2, 0.25) is 0 Å². The molecule has 5 rings (SSSR count). The van der Waals surface area contributed by atoms with Gasteiger partial charge >= 0.3 is 0 Å². The number of aliphatic hydroxyl groups excluding tert-OH is 1. The van der Waals surface area contributed by atoms with E-state index >= 15 is 0 Å². The first kappa shape index (κ1) is 31.4. The highest BCUT2D eigenvalue weighted by Crippen LogP contribution is 2.43. The fourth-order valence-corrected chi connectivity index (χ4v) is 5.39. The van der Waals surface area contributed by atoms with Crippen molar-refractivity contribution in [1.82, 2.24) is 5.32 Å². The molecule has 0 unspecified atom stereocenters. The van der Waals surface area contributed by atoms with Gasteiger partial charge in [-0.25, -0.2) is 4.99 Å². The summed E-state index contributed by atoms with van der Waals surface area (Å²) in [5.41, 5.74) is 1.94. The van der Waals surface area contributed by atoms with Gasteiger partial charge in [0, 0.05) is 31.6 Å². The largest absolute Gasteiger partial charge is 0.494 e. The number of rotatable bonds is 14. The fourth-order valence-electron chi connectivity index (χ4n) is 5.39. The molecule has 0 spiro atoms. The Hall–Kier alpha value is -5.02. The molecule has 234 valence electrons. The second kappa shape index (κ2) is 14.6. The van der Waals surface area contributed by atoms with E-state index in [1.54, 1.807) is 21.3 Å². The Morgan fingerprint density at radius 2 is 1.51 bits per heavy atom. The van der Waals surface area contributed by atoms with E-state index in [0.29, 0.717) is 48.3 Å². The van der Waals surface area contributed by atoms with E-state index in [0.717, 1.165) is 22.3 Å². The van der Waals surface area contributed by atoms with Crippen LogP contribution in [0.1, 0.15) is 34.8 Å². The van der Waals surface area contributed by atoms with Gasteiger partial charge in [0.15, 0.2) is 23.1 Å². The molecule has 9 nitrogen and oxygen atoms in total. The zero-order valence-electron chi connectivity index (χ0n) is 25.7. The minimum Gasteiger partial charge on any atom is -0.494 e. The van der Waals surface area contributed by atoms with E-state index < -0.39 is 11.6 Å². The van der Waals surface area contributed by atoms with Gasteiger partial charge in [0.05, 0.1) is 27.9 Å². The first-order chi connectivity index (χ1) is 22.0. The molecular weight excluding hydrogens is 572 g/mol. The number of amides is 1. The predicted molar refractivity (Wildman–Crippen MR) is 171 cm³/mol. The number of carbonyl (C=O) groups is 1. The number of hydrogen-bond donors (Lipinski definition) is 2. The summed E-state index contributed by atoms with van der Waals surface area (Å²) in [7, 11) is 4.66. The van der Waals surface area contributed by atoms with Crippen LogP contribution in [0, 0.1) is 0 Å². The molecule has 1 aliphatic rings. The second-order valence-electron chi connectivity index (χ2n) is 10.6. The number of methoxy groups -OCH3 is 3. The number of hydrogen-bond acceptors (Lipinski definition) is 8. The molecule has 0 radical (unpaired) electrons. The van der Waals surface area contributed by atoms with Crippen LogP contribution in [0.15, 0.2) is 102 Å². The molecule has 0 aliphatic carbocycles. The molecule has 1 aliphatic heterocycles. The Kier molecular flexibility index (Phi) is 10.2. The average Bonchev–Trinajstić information content (AvgIpc) is 3.48. The van der Waals surface area contributed by atoms with E-state index in [2.05, 4.69) is 5.32 Å². The highest BCUT2D eigenvalue weighted by atomic mass is 16.5. The lowest BCUT2D eigenvalue weighted by atomic mass is 9.82. The highest BCUT2D eigenvalue weighted by molar-refractivity contribution is 6.01. The Labute approximate surface area is 263 Å². The first-order valence-corrected chi connectivity index (χ1v) is 14.8. The SMILES string of the molecule is COc1cc(CNC(=O)[C@]2(Cc3ccccc3)N=C(c3ccc(OCCCO)cc3)O[C@@H]2c2ccccc2)cc(OC)c1OC. The number of ether oxygens (including phenoxy) is 5. The third-order valence-electron chi connectivity index (χ3n) is 7.63. The molecular formula is C36H38N2O7. The van der Waals surface area contributed by atoms with E-state index in [1.807, 2.05) is 97.1 Å². The lowest BCUT2D eigenvalue weighted by molar-refractivity contribution is -0.129. The minimum atomic E-state index is -1.32. The van der Waals surface area contributed by atoms with Gasteiger partial charge in [-0.15, -0.1) is 0 Å². The molecule has 2 atom stereocenters. The van der Waals surface area contributed by atoms with Crippen LogP contribution in [-0.2, 0) is 22.5 Å². The summed E-state index contributed by atoms with van der Waals surface area (Å²) in [4.78, 5) is 19.6. The maximum Gasteiger partial charge on any atom is 0.252 e. The molecule has 1 heterocycles. The summed E-state index contributed by atoms with van der Waals surface area (Å²) >= 11 is 0. The number of aliphatic hydroxyl groups is 1. The van der Waals surface area contributed by atoms with Crippen LogP contribution >= 0.6 is 0 Å². The van der Waals surface area contributed by atoms with Crippen LogP contribution in [0.5, 0.6) is 23.0 Å². The number of carbonyl (C=O) groups excluding carboxylic acids is 1. The van der Waals surface area contributed by atoms with Crippen molar-refractivity contribution in [3.8, 4) is 23.0 Å². The third-order valence-corrected chi connectivity index (χ3v) is 7.63. The predicted octanol–water partition coefficient (Wildman–Crippen LogP) is 5.29. The first-order valence-electron chi connectivity index (χ1n) is 14.8. The lowest BCUT2D eigenvalue weighted by Crippen LogP contribution is -2.49. The van der Waals surface area contributed by atoms with Crippen molar-refractivity contribution < 1.29 is 33.6 Å². The Bertz CT molecular complexity index is 1570. The summed E-state index contributed by atoms with van der Waals surface area (Å²) in [6.07, 6.45) is 0.151. The van der Waals surface area contributed by atoms with Crippen molar-refractivity contribution in [3.05, 3.63) is 119 Å². The van der Waals surface area contributed by atoms with E-state index in [9.17, 15) is 4.79 Å². The molecule has 0 fully saturated rings. The monoisotopic (exact) mass is 610 g/mol. The molecule has 9 heteroatoms. The Morgan fingerprint density at radius 3 is 2.11 bits per heavy atom. The van der Waals surface area contributed by atoms with Crippen molar-refractivity contribution in [3.63, 3.8) is 0 Å². The van der Waals surface area contributed by atoms with Crippen molar-refractivity contribution in [1.29, 1.82) is 0 Å². The van der Waals surface area contributed by atoms with E-state index in [4.69, 9.17) is 33.8 Å². The highest BCUT2D eigenvalue weighted by Gasteiger charge is 2.53. The molecule has 0 bridgehead atoms. The fraction of sp³-hybridized carbons (Fsp3) is 0.278. The topological polar surface area (TPSA) is 108 Å². The zero-order valence-corrected chi connectivity index (χ0v) is 25.7. The maximum atomic E-state index is 14.5. The van der Waals surface area contributed by atoms with Crippen LogP contribution in [0.3, 0.4) is 0 Å². The Morgan fingerprint density at radius 1 is 0.867 bits per heavy atom. The summed E-state index contributed by atoms with van der Waals surface area (Å²) in [5.74, 6) is 2.22. The van der Waals surface area contributed by atoms with Gasteiger partial charge < -0.3 is 34.1 Å². The summed E-state index contributed by atoms with van der Waals surface area (Å²) in [6, 6.07) is 30.5. The normalized spacial score (nSPS) is 17.2. The van der Waals surface area contributed by atoms with Gasteiger partial charge in [-0.05, 0) is 53.1 Å². The van der Waals surface area contributed by atoms with Gasteiger partial charge in [0.1, 0.15) is 5.75 Å². The number of nitrogens with one attached hydrogen (secondary N) is 1. The molecule has 4 aromatic carbocycles. The zero-order chi connectivity index (χ0) is 31.6. The second-order valence-corrected chi connectivity index (χ2v) is 10.6. The number of nitrogens with zero attached hydrogens (tertiary/aromatic N) is 1. The van der Waals surface area contributed by atoms with Crippen LogP contribution in [0.25, 0.3) is 0 Å². The van der Waals surface area contributed by atoms with Crippen LogP contribution in [0.4, 0.5) is 0 Å². The van der Waals surface area contributed by atoms with Gasteiger partial charge in [-0.1, -0.05) is 60.7 Å². The quantitative estimate of drug-likeness (QED) is 0.187. The summed E-state index contributed by atoms with van der Waals surface area (Å²) in [6.45, 7) is 0.669. The number of aliphatic imine (C=N–C) groups is 1. The molecule has 0 saturated heterocycles. The maximum absolute atomic E-state index is 14.5. The summed E-state index contributed by atoms with van der Waals surface area (Å²) in [5, 5.41) is 12.2. The Balaban J connectivity index is 1.53. The molecule has 0 saturated carbocycles. The van der Waals surface area contributed by atoms with Gasteiger partial charge in [-0.2, -0.15) is 0 Å². The molecule has 2 N–H and O–H groups in total. The lowest BCUT2D eigenvalue weighted by Gasteiger charge is -2.31. The van der Waals surface area contributed by atoms with E-state index in [1.165, 1.54) is 0 Å². The van der Waals surface area contributed by atoms with Gasteiger partial charge in [-0.3, -0.25) is 4.79 Å². The minimum absolute atomic E-state index is 0.0642. The van der Waals surface area contributed by atoms with Crippen LogP contribution in [-0.4, -0.2) is 57.0 Å². The third kappa shape index (κ3) is 7.05. The molecule has 1 amide bonds. The number of benzene rings is 4. The smallest absolute Gasteiger partial charge is 0.252 e.